The number of piperidine rings is 1. The Kier molecular flexibility index (Phi) is 6.80. The molecule has 0 bridgehead atoms. The summed E-state index contributed by atoms with van der Waals surface area (Å²) >= 11 is 0. The van der Waals surface area contributed by atoms with Crippen LogP contribution < -0.4 is 4.74 Å². The number of carbonyl (C=O) groups is 1. The van der Waals surface area contributed by atoms with Gasteiger partial charge < -0.3 is 19.1 Å². The Morgan fingerprint density at radius 2 is 1.76 bits per heavy atom. The molecule has 1 heterocycles. The summed E-state index contributed by atoms with van der Waals surface area (Å²) in [4.78, 5) is 14.1. The number of ether oxygens (including phenoxy) is 3. The van der Waals surface area contributed by atoms with E-state index in [9.17, 15) is 4.79 Å². The van der Waals surface area contributed by atoms with Crippen LogP contribution in [-0.4, -0.2) is 42.9 Å². The molecule has 2 aromatic rings. The molecule has 0 saturated carbocycles. The predicted octanol–water partition coefficient (Wildman–Crippen LogP) is 5.01. The number of hydrogen-bond donors (Lipinski definition) is 0. The Bertz CT molecular complexity index is 783. The normalized spacial score (nSPS) is 19.7. The Morgan fingerprint density at radius 3 is 2.38 bits per heavy atom. The molecule has 1 aliphatic rings. The minimum Gasteiger partial charge on any atom is -0.489 e. The van der Waals surface area contributed by atoms with Crippen molar-refractivity contribution in [2.24, 2.45) is 0 Å². The SMILES string of the molecule is CO[C@H]1CN(C(=O)OC(C)(C)C)CC[C@@H]1c1ccc(OCc2ccccc2)cc1. The summed E-state index contributed by atoms with van der Waals surface area (Å²) in [5.41, 5.74) is 1.85. The van der Waals surface area contributed by atoms with Gasteiger partial charge in [-0.2, -0.15) is 0 Å². The number of nitrogens with zero attached hydrogens (tertiary/aromatic N) is 1. The molecule has 1 amide bonds. The van der Waals surface area contributed by atoms with E-state index in [0.717, 1.165) is 17.7 Å². The quantitative estimate of drug-likeness (QED) is 0.712. The zero-order valence-corrected chi connectivity index (χ0v) is 17.8. The van der Waals surface area contributed by atoms with Gasteiger partial charge in [-0.3, -0.25) is 0 Å². The molecule has 156 valence electrons. The van der Waals surface area contributed by atoms with Crippen molar-refractivity contribution < 1.29 is 19.0 Å². The van der Waals surface area contributed by atoms with Crippen molar-refractivity contribution in [2.75, 3.05) is 20.2 Å². The molecule has 3 rings (SSSR count). The van der Waals surface area contributed by atoms with Crippen LogP contribution in [0.1, 0.15) is 44.2 Å². The summed E-state index contributed by atoms with van der Waals surface area (Å²) in [6.07, 6.45) is 0.497. The number of hydrogen-bond acceptors (Lipinski definition) is 4. The van der Waals surface area contributed by atoms with Gasteiger partial charge in [0.1, 0.15) is 18.0 Å². The Hall–Kier alpha value is -2.53. The van der Waals surface area contributed by atoms with E-state index in [1.54, 1.807) is 12.0 Å². The third-order valence-electron chi connectivity index (χ3n) is 5.07. The maximum Gasteiger partial charge on any atom is 0.410 e. The number of methoxy groups -OCH3 is 1. The van der Waals surface area contributed by atoms with Gasteiger partial charge in [0, 0.05) is 19.6 Å². The molecule has 0 radical (unpaired) electrons. The Morgan fingerprint density at radius 1 is 1.07 bits per heavy atom. The molecule has 0 aliphatic carbocycles. The summed E-state index contributed by atoms with van der Waals surface area (Å²) in [5.74, 6) is 1.08. The second-order valence-electron chi connectivity index (χ2n) is 8.44. The third kappa shape index (κ3) is 5.97. The molecule has 5 heteroatoms. The molecular formula is C24H31NO4. The van der Waals surface area contributed by atoms with Crippen molar-refractivity contribution >= 4 is 6.09 Å². The fourth-order valence-electron chi connectivity index (χ4n) is 3.58. The van der Waals surface area contributed by atoms with Crippen LogP contribution in [0.25, 0.3) is 0 Å². The van der Waals surface area contributed by atoms with Gasteiger partial charge in [-0.15, -0.1) is 0 Å². The zero-order valence-electron chi connectivity index (χ0n) is 17.8. The van der Waals surface area contributed by atoms with Crippen LogP contribution in [-0.2, 0) is 16.1 Å². The summed E-state index contributed by atoms with van der Waals surface area (Å²) in [6, 6.07) is 18.3. The predicted molar refractivity (Wildman–Crippen MR) is 113 cm³/mol. The second kappa shape index (κ2) is 9.31. The van der Waals surface area contributed by atoms with Crippen molar-refractivity contribution in [3.05, 3.63) is 65.7 Å². The van der Waals surface area contributed by atoms with Gasteiger partial charge in [0.2, 0.25) is 0 Å². The highest BCUT2D eigenvalue weighted by molar-refractivity contribution is 5.68. The van der Waals surface area contributed by atoms with Crippen LogP contribution in [0.15, 0.2) is 54.6 Å². The van der Waals surface area contributed by atoms with Gasteiger partial charge in [-0.1, -0.05) is 42.5 Å². The van der Waals surface area contributed by atoms with Crippen LogP contribution in [0, 0.1) is 0 Å². The average molecular weight is 398 g/mol. The lowest BCUT2D eigenvalue weighted by atomic mass is 9.87. The van der Waals surface area contributed by atoms with Gasteiger partial charge in [-0.05, 0) is 50.5 Å². The molecule has 1 fully saturated rings. The molecule has 29 heavy (non-hydrogen) atoms. The van der Waals surface area contributed by atoms with Gasteiger partial charge in [0.25, 0.3) is 0 Å². The second-order valence-corrected chi connectivity index (χ2v) is 8.44. The maximum atomic E-state index is 12.4. The Labute approximate surface area is 173 Å². The van der Waals surface area contributed by atoms with Crippen molar-refractivity contribution in [2.45, 2.75) is 51.4 Å². The molecule has 1 saturated heterocycles. The van der Waals surface area contributed by atoms with E-state index in [-0.39, 0.29) is 18.1 Å². The van der Waals surface area contributed by atoms with Crippen LogP contribution in [0.5, 0.6) is 5.75 Å². The van der Waals surface area contributed by atoms with Crippen molar-refractivity contribution in [3.63, 3.8) is 0 Å². The van der Waals surface area contributed by atoms with Crippen LogP contribution >= 0.6 is 0 Å². The molecule has 0 N–H and O–H groups in total. The highest BCUT2D eigenvalue weighted by atomic mass is 16.6. The summed E-state index contributed by atoms with van der Waals surface area (Å²) in [6.45, 7) is 7.38. The maximum absolute atomic E-state index is 12.4. The topological polar surface area (TPSA) is 48.0 Å². The van der Waals surface area contributed by atoms with Crippen LogP contribution in [0.4, 0.5) is 4.79 Å². The molecule has 0 unspecified atom stereocenters. The lowest BCUT2D eigenvalue weighted by Crippen LogP contribution is -2.48. The Balaban J connectivity index is 1.59. The van der Waals surface area contributed by atoms with Crippen LogP contribution in [0.3, 0.4) is 0 Å². The highest BCUT2D eigenvalue weighted by Crippen LogP contribution is 2.32. The van der Waals surface area contributed by atoms with Gasteiger partial charge in [-0.25, -0.2) is 4.79 Å². The number of amides is 1. The first kappa shape index (κ1) is 21.2. The molecule has 2 aromatic carbocycles. The van der Waals surface area contributed by atoms with Crippen molar-refractivity contribution in [1.82, 2.24) is 4.90 Å². The zero-order chi connectivity index (χ0) is 20.9. The van der Waals surface area contributed by atoms with Crippen molar-refractivity contribution in [3.8, 4) is 5.75 Å². The number of carbonyl (C=O) groups excluding carboxylic acids is 1. The van der Waals surface area contributed by atoms with E-state index in [2.05, 4.69) is 24.3 Å². The molecule has 2 atom stereocenters. The largest absolute Gasteiger partial charge is 0.489 e. The standard InChI is InChI=1S/C24H31NO4/c1-24(2,3)29-23(26)25-15-14-21(22(16-25)27-4)19-10-12-20(13-11-19)28-17-18-8-6-5-7-9-18/h5-13,21-22H,14-17H2,1-4H3/t21-,22+/m1/s1. The number of rotatable bonds is 5. The first-order valence-electron chi connectivity index (χ1n) is 10.1. The minimum atomic E-state index is -0.494. The minimum absolute atomic E-state index is 0.0626. The lowest BCUT2D eigenvalue weighted by molar-refractivity contribution is -0.0139. The molecule has 0 aromatic heterocycles. The summed E-state index contributed by atoms with van der Waals surface area (Å²) in [5, 5.41) is 0. The average Bonchev–Trinajstić information content (AvgIpc) is 2.71. The molecule has 0 spiro atoms. The first-order chi connectivity index (χ1) is 13.9. The smallest absolute Gasteiger partial charge is 0.410 e. The van der Waals surface area contributed by atoms with E-state index < -0.39 is 5.60 Å². The van der Waals surface area contributed by atoms with E-state index in [0.29, 0.717) is 19.7 Å². The lowest BCUT2D eigenvalue weighted by Gasteiger charge is -2.38. The van der Waals surface area contributed by atoms with Gasteiger partial charge in [0.05, 0.1) is 12.6 Å². The van der Waals surface area contributed by atoms with Gasteiger partial charge in [0.15, 0.2) is 0 Å². The van der Waals surface area contributed by atoms with E-state index in [1.165, 1.54) is 5.56 Å². The van der Waals surface area contributed by atoms with E-state index in [4.69, 9.17) is 14.2 Å². The highest BCUT2D eigenvalue weighted by Gasteiger charge is 2.34. The summed E-state index contributed by atoms with van der Waals surface area (Å²) in [7, 11) is 1.70. The third-order valence-corrected chi connectivity index (χ3v) is 5.07. The summed E-state index contributed by atoms with van der Waals surface area (Å²) < 4.78 is 17.1. The van der Waals surface area contributed by atoms with E-state index >= 15 is 0 Å². The van der Waals surface area contributed by atoms with Crippen molar-refractivity contribution in [1.29, 1.82) is 0 Å². The fraction of sp³-hybridized carbons (Fsp3) is 0.458. The first-order valence-corrected chi connectivity index (χ1v) is 10.1. The van der Waals surface area contributed by atoms with Gasteiger partial charge >= 0.3 is 6.09 Å². The molecular weight excluding hydrogens is 366 g/mol. The molecule has 5 nitrogen and oxygen atoms in total. The fourth-order valence-corrected chi connectivity index (χ4v) is 3.58. The number of benzene rings is 2. The molecule has 1 aliphatic heterocycles. The van der Waals surface area contributed by atoms with Crippen LogP contribution in [0.2, 0.25) is 0 Å². The number of likely N-dealkylation sites (tertiary alicyclic amines) is 1. The van der Waals surface area contributed by atoms with E-state index in [1.807, 2.05) is 51.1 Å². The monoisotopic (exact) mass is 397 g/mol.